The van der Waals surface area contributed by atoms with Gasteiger partial charge in [-0.25, -0.2) is 34.9 Å². The molecule has 0 aliphatic carbocycles. The molecular weight excluding hydrogens is 1580 g/mol. The number of aryl methyl sites for hydroxylation is 1. The average Bonchev–Trinajstić information content (AvgIpc) is 2.80. The quantitative estimate of drug-likeness (QED) is 0.0609. The Bertz CT molecular complexity index is 4100. The topological polar surface area (TPSA) is 190 Å². The second-order valence-corrected chi connectivity index (χ2v) is 30.1. The number of anilines is 5. The SMILES string of the molecule is Cc1cc(NCc2nccs2)c2scc(Cl)c2n1.Clc1cc(NCc2ccco2)c2scc(Br)c2n1.Clc1cc(NCc2ccco2)c2scc(Cl)c2n1.Clc1cc(NCc2nccs2)c2scc(Br)c2n1.Clc1cc(NCc2nccs2)c2scc(Cl)c2n1. The molecule has 15 aromatic heterocycles. The fourth-order valence-corrected chi connectivity index (χ4v) is 17.4. The van der Waals surface area contributed by atoms with E-state index in [1.54, 1.807) is 122 Å². The van der Waals surface area contributed by atoms with Crippen molar-refractivity contribution in [2.24, 2.45) is 0 Å². The minimum Gasteiger partial charge on any atom is -0.467 e. The number of hydrogen-bond donors (Lipinski definition) is 5. The van der Waals surface area contributed by atoms with Crippen molar-refractivity contribution in [1.82, 2.24) is 39.9 Å². The van der Waals surface area contributed by atoms with Gasteiger partial charge in [0.1, 0.15) is 63.7 Å². The molecule has 0 spiro atoms. The van der Waals surface area contributed by atoms with Crippen molar-refractivity contribution in [1.29, 1.82) is 0 Å². The number of halogens is 9. The molecule has 0 aliphatic rings. The minimum absolute atomic E-state index is 0.421. The van der Waals surface area contributed by atoms with Gasteiger partial charge >= 0.3 is 0 Å². The third kappa shape index (κ3) is 17.2. The molecule has 5 N–H and O–H groups in total. The molecule has 90 heavy (non-hydrogen) atoms. The number of thiophene rings is 5. The third-order valence-electron chi connectivity index (χ3n) is 12.2. The van der Waals surface area contributed by atoms with Gasteiger partial charge in [-0.3, -0.25) is 4.98 Å². The van der Waals surface area contributed by atoms with Crippen LogP contribution in [0.3, 0.4) is 0 Å². The largest absolute Gasteiger partial charge is 0.467 e. The fourth-order valence-electron chi connectivity index (χ4n) is 8.29. The highest BCUT2D eigenvalue weighted by Crippen LogP contribution is 2.40. The van der Waals surface area contributed by atoms with Crippen molar-refractivity contribution >= 4 is 283 Å². The predicted octanol–water partition coefficient (Wildman–Crippen LogP) is 23.5. The Morgan fingerprint density at radius 2 is 0.700 bits per heavy atom. The van der Waals surface area contributed by atoms with Crippen LogP contribution in [0.4, 0.5) is 28.4 Å². The summed E-state index contributed by atoms with van der Waals surface area (Å²) in [4.78, 5) is 34.3. The van der Waals surface area contributed by atoms with Gasteiger partial charge in [0.05, 0.1) is 132 Å². The van der Waals surface area contributed by atoms with Crippen molar-refractivity contribution < 1.29 is 8.83 Å². The van der Waals surface area contributed by atoms with Crippen LogP contribution in [0.15, 0.2) is 147 Å². The number of thiazole rings is 3. The lowest BCUT2D eigenvalue weighted by atomic mass is 10.3. The molecule has 15 heterocycles. The summed E-state index contributed by atoms with van der Waals surface area (Å²) in [5.74, 6) is 1.74. The van der Waals surface area contributed by atoms with Crippen LogP contribution < -0.4 is 26.6 Å². The number of fused-ring (bicyclic) bond motifs is 5. The second-order valence-electron chi connectivity index (χ2n) is 18.3. The lowest BCUT2D eigenvalue weighted by molar-refractivity contribution is 0.518. The Balaban J connectivity index is 0.000000116. The molecule has 15 rings (SSSR count). The van der Waals surface area contributed by atoms with E-state index in [0.717, 1.165) is 132 Å². The first-order valence-electron chi connectivity index (χ1n) is 26.1. The first-order chi connectivity index (χ1) is 43.7. The molecule has 0 unspecified atom stereocenters. The highest BCUT2D eigenvalue weighted by molar-refractivity contribution is 9.11. The maximum absolute atomic E-state index is 6.13. The molecule has 0 atom stereocenters. The molecule has 32 heteroatoms. The molecule has 0 bridgehead atoms. The number of aromatic nitrogens is 8. The molecule has 460 valence electrons. The van der Waals surface area contributed by atoms with Crippen LogP contribution in [-0.4, -0.2) is 39.9 Å². The summed E-state index contributed by atoms with van der Waals surface area (Å²) >= 11 is 62.1. The van der Waals surface area contributed by atoms with Gasteiger partial charge in [0.25, 0.3) is 0 Å². The second kappa shape index (κ2) is 31.7. The van der Waals surface area contributed by atoms with Crippen molar-refractivity contribution in [2.45, 2.75) is 39.6 Å². The summed E-state index contributed by atoms with van der Waals surface area (Å²) in [6.45, 7) is 5.29. The molecule has 0 amide bonds. The lowest BCUT2D eigenvalue weighted by Gasteiger charge is -2.06. The summed E-state index contributed by atoms with van der Waals surface area (Å²) in [6.07, 6.45) is 8.72. The zero-order chi connectivity index (χ0) is 62.7. The van der Waals surface area contributed by atoms with Crippen LogP contribution in [0.1, 0.15) is 32.2 Å². The number of hydrogen-bond acceptors (Lipinski definition) is 23. The van der Waals surface area contributed by atoms with E-state index in [0.29, 0.717) is 56.8 Å². The van der Waals surface area contributed by atoms with Gasteiger partial charge in [0.15, 0.2) is 0 Å². The minimum atomic E-state index is 0.421. The maximum atomic E-state index is 6.13. The first-order valence-corrected chi connectivity index (χ1v) is 37.3. The molecule has 15 nitrogen and oxygen atoms in total. The fraction of sp³-hybridized carbons (Fsp3) is 0.103. The van der Waals surface area contributed by atoms with E-state index < -0.39 is 0 Å². The zero-order valence-corrected chi connectivity index (χ0v) is 60.8. The van der Waals surface area contributed by atoms with E-state index in [1.807, 2.05) is 105 Å². The zero-order valence-electron chi connectivity index (χ0n) is 45.8. The molecule has 0 saturated heterocycles. The highest BCUT2D eigenvalue weighted by Gasteiger charge is 2.16. The number of nitrogens with one attached hydrogen (secondary N) is 5. The normalized spacial score (nSPS) is 11.0. The Kier molecular flexibility index (Phi) is 23.4. The summed E-state index contributed by atoms with van der Waals surface area (Å²) in [7, 11) is 0. The molecule has 0 aliphatic heterocycles. The Morgan fingerprint density at radius 1 is 0.389 bits per heavy atom. The van der Waals surface area contributed by atoms with Gasteiger partial charge in [-0.2, -0.15) is 0 Å². The Morgan fingerprint density at radius 3 is 1.03 bits per heavy atom. The first kappa shape index (κ1) is 66.4. The summed E-state index contributed by atoms with van der Waals surface area (Å²) < 4.78 is 17.8. The van der Waals surface area contributed by atoms with Crippen LogP contribution >= 0.6 is 204 Å². The Labute approximate surface area is 597 Å². The number of nitrogens with zero attached hydrogens (tertiary/aromatic N) is 8. The van der Waals surface area contributed by atoms with E-state index >= 15 is 0 Å². The van der Waals surface area contributed by atoms with Gasteiger partial charge in [0, 0.05) is 91.6 Å². The van der Waals surface area contributed by atoms with Crippen LogP contribution in [0.2, 0.25) is 35.7 Å². The monoisotopic (exact) mass is 1610 g/mol. The van der Waals surface area contributed by atoms with Crippen molar-refractivity contribution in [2.75, 3.05) is 26.6 Å². The highest BCUT2D eigenvalue weighted by atomic mass is 79.9. The molecule has 0 saturated carbocycles. The number of furan rings is 2. The van der Waals surface area contributed by atoms with Crippen LogP contribution in [-0.2, 0) is 32.7 Å². The summed E-state index contributed by atoms with van der Waals surface area (Å²) in [5.41, 5.74) is 10.00. The van der Waals surface area contributed by atoms with Gasteiger partial charge in [-0.05, 0) is 69.1 Å². The van der Waals surface area contributed by atoms with E-state index in [9.17, 15) is 0 Å². The number of rotatable bonds is 15. The molecule has 0 radical (unpaired) electrons. The van der Waals surface area contributed by atoms with Crippen molar-refractivity contribution in [3.8, 4) is 0 Å². The predicted molar refractivity (Wildman–Crippen MR) is 394 cm³/mol. The third-order valence-corrected chi connectivity index (χ3v) is 23.4. The molecule has 15 aromatic rings. The van der Waals surface area contributed by atoms with Gasteiger partial charge in [-0.15, -0.1) is 90.7 Å². The van der Waals surface area contributed by atoms with E-state index in [2.05, 4.69) is 98.3 Å². The van der Waals surface area contributed by atoms with Crippen molar-refractivity contribution in [3.63, 3.8) is 0 Å². The van der Waals surface area contributed by atoms with Crippen LogP contribution in [0.5, 0.6) is 0 Å². The van der Waals surface area contributed by atoms with Gasteiger partial charge < -0.3 is 35.4 Å². The van der Waals surface area contributed by atoms with Crippen LogP contribution in [0.25, 0.3) is 51.1 Å². The molecule has 0 fully saturated rings. The smallest absolute Gasteiger partial charge is 0.131 e. The standard InChI is InChI=1S/C12H8BrClN2OS.C12H8Cl2N2OS.C12H10ClN3S2.C11H7BrClN3S2.C11H7Cl2N3S2/c2*13-8-6-18-12-9(4-10(14)16-11(8)12)15-5-7-2-1-3-17-7;1-7-4-9(15-5-10-14-2-3-17-10)12-11(16-7)8(13)6-18-12;2*12-6-5-18-11-7(3-8(13)16-10(6)11)15-4-9-14-1-2-17-9/h2*1-4,6H,5H2,(H,15,16);2-4,6H,5H2,1H3,(H,15,16);2*1-3,5H,4H2,(H,15,16). The van der Waals surface area contributed by atoms with Crippen molar-refractivity contribution in [3.05, 3.63) is 206 Å². The van der Waals surface area contributed by atoms with Gasteiger partial charge in [-0.1, -0.05) is 81.2 Å². The van der Waals surface area contributed by atoms with E-state index in [1.165, 1.54) is 0 Å². The number of pyridine rings is 5. The summed E-state index contributed by atoms with van der Waals surface area (Å²) in [5, 5.41) is 39.2. The Hall–Kier alpha value is -5.01. The average molecular weight is 1620 g/mol. The van der Waals surface area contributed by atoms with Gasteiger partial charge in [0.2, 0.25) is 0 Å². The van der Waals surface area contributed by atoms with Crippen LogP contribution in [0, 0.1) is 6.92 Å². The van der Waals surface area contributed by atoms with E-state index in [4.69, 9.17) is 90.0 Å². The molecule has 0 aromatic carbocycles. The maximum Gasteiger partial charge on any atom is 0.131 e. The summed E-state index contributed by atoms with van der Waals surface area (Å²) in [6, 6.07) is 16.9. The van der Waals surface area contributed by atoms with E-state index in [-0.39, 0.29) is 0 Å². The molecular formula is C58H40Br2Cl7N13O2S8. The lowest BCUT2D eigenvalue weighted by Crippen LogP contribution is -1.99.